The second-order valence-electron chi connectivity index (χ2n) is 9.43. The minimum atomic E-state index is -0.863. The highest BCUT2D eigenvalue weighted by Gasteiger charge is 2.23. The SMILES string of the molecule is CC(C)(C)C(=O)NCc1ccc(Cl)c(C(=O)Nc2ccc3cnn(-c4cccc(F)c4)c(=O)c3c2)c1F. The largest absolute Gasteiger partial charge is 0.351 e. The van der Waals surface area contributed by atoms with Crippen molar-refractivity contribution in [3.05, 3.63) is 98.9 Å². The minimum Gasteiger partial charge on any atom is -0.351 e. The van der Waals surface area contributed by atoms with Crippen molar-refractivity contribution in [3.8, 4) is 5.69 Å². The lowest BCUT2D eigenvalue weighted by Gasteiger charge is -2.18. The maximum Gasteiger partial charge on any atom is 0.279 e. The summed E-state index contributed by atoms with van der Waals surface area (Å²) < 4.78 is 29.9. The Morgan fingerprint density at radius 1 is 1.05 bits per heavy atom. The lowest BCUT2D eigenvalue weighted by Crippen LogP contribution is -2.34. The number of fused-ring (bicyclic) bond motifs is 1. The van der Waals surface area contributed by atoms with Gasteiger partial charge >= 0.3 is 0 Å². The minimum absolute atomic E-state index is 0.0923. The van der Waals surface area contributed by atoms with E-state index in [1.807, 2.05) is 0 Å². The molecule has 0 aliphatic heterocycles. The number of hydrogen-bond acceptors (Lipinski definition) is 4. The molecule has 4 rings (SSSR count). The molecule has 4 aromatic rings. The number of benzene rings is 3. The van der Waals surface area contributed by atoms with Gasteiger partial charge in [0, 0.05) is 28.6 Å². The molecule has 0 bridgehead atoms. The Labute approximate surface area is 216 Å². The van der Waals surface area contributed by atoms with Crippen LogP contribution in [0.5, 0.6) is 0 Å². The smallest absolute Gasteiger partial charge is 0.279 e. The summed E-state index contributed by atoms with van der Waals surface area (Å²) in [7, 11) is 0. The number of amides is 2. The molecular formula is C27H23ClF2N4O3. The van der Waals surface area contributed by atoms with Crippen molar-refractivity contribution >= 4 is 39.9 Å². The molecule has 37 heavy (non-hydrogen) atoms. The highest BCUT2D eigenvalue weighted by Crippen LogP contribution is 2.25. The van der Waals surface area contributed by atoms with Gasteiger partial charge in [-0.3, -0.25) is 14.4 Å². The van der Waals surface area contributed by atoms with Crippen molar-refractivity contribution in [1.29, 1.82) is 0 Å². The van der Waals surface area contributed by atoms with Crippen LogP contribution in [0.15, 0.2) is 65.6 Å². The van der Waals surface area contributed by atoms with E-state index in [0.717, 1.165) is 4.68 Å². The number of nitrogens with one attached hydrogen (secondary N) is 2. The Bertz CT molecular complexity index is 1600. The van der Waals surface area contributed by atoms with Crippen molar-refractivity contribution in [2.75, 3.05) is 5.32 Å². The number of nitrogens with zero attached hydrogens (tertiary/aromatic N) is 2. The zero-order valence-corrected chi connectivity index (χ0v) is 21.0. The van der Waals surface area contributed by atoms with Crippen LogP contribution < -0.4 is 16.2 Å². The Balaban J connectivity index is 1.63. The molecule has 1 aromatic heterocycles. The van der Waals surface area contributed by atoms with Crippen molar-refractivity contribution in [2.45, 2.75) is 27.3 Å². The average molecular weight is 525 g/mol. The fourth-order valence-electron chi connectivity index (χ4n) is 3.58. The molecule has 2 N–H and O–H groups in total. The molecule has 0 aliphatic carbocycles. The summed E-state index contributed by atoms with van der Waals surface area (Å²) in [5, 5.41) is 9.89. The molecule has 0 aliphatic rings. The van der Waals surface area contributed by atoms with Gasteiger partial charge in [-0.1, -0.05) is 50.6 Å². The predicted octanol–water partition coefficient (Wildman–Crippen LogP) is 5.23. The number of hydrogen-bond donors (Lipinski definition) is 2. The van der Waals surface area contributed by atoms with Gasteiger partial charge in [-0.15, -0.1) is 0 Å². The summed E-state index contributed by atoms with van der Waals surface area (Å²) in [6.45, 7) is 5.06. The predicted molar refractivity (Wildman–Crippen MR) is 138 cm³/mol. The van der Waals surface area contributed by atoms with Crippen LogP contribution in [0, 0.1) is 17.0 Å². The summed E-state index contributed by atoms with van der Waals surface area (Å²) in [6, 6.07) is 12.7. The van der Waals surface area contributed by atoms with Crippen LogP contribution in [0.3, 0.4) is 0 Å². The quantitative estimate of drug-likeness (QED) is 0.374. The van der Waals surface area contributed by atoms with Crippen LogP contribution in [0.25, 0.3) is 16.5 Å². The van der Waals surface area contributed by atoms with Gasteiger partial charge in [0.25, 0.3) is 11.5 Å². The molecule has 0 unspecified atom stereocenters. The van der Waals surface area contributed by atoms with Crippen LogP contribution in [0.1, 0.15) is 36.7 Å². The van der Waals surface area contributed by atoms with Gasteiger partial charge < -0.3 is 10.6 Å². The van der Waals surface area contributed by atoms with E-state index in [-0.39, 0.29) is 39.8 Å². The van der Waals surface area contributed by atoms with Crippen LogP contribution in [0.2, 0.25) is 5.02 Å². The molecular weight excluding hydrogens is 502 g/mol. The molecule has 0 fully saturated rings. The topological polar surface area (TPSA) is 93.1 Å². The van der Waals surface area contributed by atoms with Gasteiger partial charge in [0.05, 0.1) is 27.9 Å². The zero-order valence-electron chi connectivity index (χ0n) is 20.2. The maximum atomic E-state index is 15.2. The van der Waals surface area contributed by atoms with Crippen molar-refractivity contribution in [1.82, 2.24) is 15.1 Å². The number of carbonyl (C=O) groups is 2. The van der Waals surface area contributed by atoms with E-state index in [1.165, 1.54) is 54.7 Å². The van der Waals surface area contributed by atoms with Gasteiger partial charge in [-0.05, 0) is 36.4 Å². The molecule has 0 radical (unpaired) electrons. The van der Waals surface area contributed by atoms with Gasteiger partial charge in [0.1, 0.15) is 11.6 Å². The van der Waals surface area contributed by atoms with Gasteiger partial charge in [-0.2, -0.15) is 9.78 Å². The lowest BCUT2D eigenvalue weighted by molar-refractivity contribution is -0.128. The summed E-state index contributed by atoms with van der Waals surface area (Å²) in [5.74, 6) is -2.49. The summed E-state index contributed by atoms with van der Waals surface area (Å²) in [5.41, 5.74) is -1.04. The van der Waals surface area contributed by atoms with E-state index in [9.17, 15) is 18.8 Å². The normalized spacial score (nSPS) is 11.4. The van der Waals surface area contributed by atoms with E-state index in [2.05, 4.69) is 15.7 Å². The van der Waals surface area contributed by atoms with Gasteiger partial charge in [0.15, 0.2) is 0 Å². The molecule has 0 saturated heterocycles. The first-order chi connectivity index (χ1) is 17.5. The van der Waals surface area contributed by atoms with E-state index in [0.29, 0.717) is 5.39 Å². The highest BCUT2D eigenvalue weighted by molar-refractivity contribution is 6.34. The number of rotatable bonds is 5. The standard InChI is InChI=1S/C27H23ClF2N4O3/c1-27(2,3)26(37)31-13-16-8-10-21(28)22(23(16)30)24(35)33-18-9-7-15-14-32-34(25(36)20(15)12-18)19-6-4-5-17(29)11-19/h4-12,14H,13H2,1-3H3,(H,31,37)(H,33,35). The summed E-state index contributed by atoms with van der Waals surface area (Å²) in [6.07, 6.45) is 1.44. The fourth-order valence-corrected chi connectivity index (χ4v) is 3.82. The summed E-state index contributed by atoms with van der Waals surface area (Å²) >= 11 is 6.14. The van der Waals surface area contributed by atoms with Crippen LogP contribution in [-0.4, -0.2) is 21.6 Å². The number of aromatic nitrogens is 2. The van der Waals surface area contributed by atoms with E-state index in [4.69, 9.17) is 11.6 Å². The highest BCUT2D eigenvalue weighted by atomic mass is 35.5. The molecule has 0 atom stereocenters. The Kier molecular flexibility index (Phi) is 7.09. The Morgan fingerprint density at radius 2 is 1.81 bits per heavy atom. The van der Waals surface area contributed by atoms with E-state index < -0.39 is 34.1 Å². The first-order valence-electron chi connectivity index (χ1n) is 11.3. The molecule has 1 heterocycles. The monoisotopic (exact) mass is 524 g/mol. The third kappa shape index (κ3) is 5.51. The second-order valence-corrected chi connectivity index (χ2v) is 9.83. The maximum absolute atomic E-state index is 15.2. The van der Waals surface area contributed by atoms with Crippen molar-refractivity contribution in [3.63, 3.8) is 0 Å². The van der Waals surface area contributed by atoms with Gasteiger partial charge in [-0.25, -0.2) is 8.78 Å². The zero-order chi connectivity index (χ0) is 26.9. The molecule has 2 amide bonds. The van der Waals surface area contributed by atoms with Crippen molar-refractivity contribution < 1.29 is 18.4 Å². The van der Waals surface area contributed by atoms with Crippen molar-refractivity contribution in [2.24, 2.45) is 5.41 Å². The van der Waals surface area contributed by atoms with Crippen LogP contribution in [-0.2, 0) is 11.3 Å². The van der Waals surface area contributed by atoms with Crippen LogP contribution >= 0.6 is 11.6 Å². The number of anilines is 1. The fraction of sp³-hybridized carbons (Fsp3) is 0.185. The molecule has 3 aromatic carbocycles. The first kappa shape index (κ1) is 26.0. The lowest BCUT2D eigenvalue weighted by atomic mass is 9.95. The van der Waals surface area contributed by atoms with E-state index >= 15 is 4.39 Å². The third-order valence-electron chi connectivity index (χ3n) is 5.62. The number of carbonyl (C=O) groups excluding carboxylic acids is 2. The molecule has 0 saturated carbocycles. The molecule has 10 heteroatoms. The van der Waals surface area contributed by atoms with E-state index in [1.54, 1.807) is 26.8 Å². The Hall–Kier alpha value is -4.11. The Morgan fingerprint density at radius 3 is 2.51 bits per heavy atom. The number of halogens is 3. The van der Waals surface area contributed by atoms with Gasteiger partial charge in [0.2, 0.25) is 5.91 Å². The average Bonchev–Trinajstić information content (AvgIpc) is 2.83. The molecule has 0 spiro atoms. The molecule has 7 nitrogen and oxygen atoms in total. The molecule has 190 valence electrons. The first-order valence-corrected chi connectivity index (χ1v) is 11.7. The summed E-state index contributed by atoms with van der Waals surface area (Å²) in [4.78, 5) is 38.2. The second kappa shape index (κ2) is 10.1. The third-order valence-corrected chi connectivity index (χ3v) is 5.93. The van der Waals surface area contributed by atoms with Crippen LogP contribution in [0.4, 0.5) is 14.5 Å².